The number of amides is 2. The van der Waals surface area contributed by atoms with Gasteiger partial charge in [0.1, 0.15) is 0 Å². The molecule has 0 aliphatic carbocycles. The van der Waals surface area contributed by atoms with Gasteiger partial charge in [-0.25, -0.2) is 4.79 Å². The summed E-state index contributed by atoms with van der Waals surface area (Å²) in [6, 6.07) is 0.103. The highest BCUT2D eigenvalue weighted by Gasteiger charge is 2.19. The Morgan fingerprint density at radius 3 is 2.73 bits per heavy atom. The normalized spacial score (nSPS) is 18.4. The molecule has 3 heteroatoms. The van der Waals surface area contributed by atoms with E-state index in [0.29, 0.717) is 0 Å². The maximum Gasteiger partial charge on any atom is 0.317 e. The van der Waals surface area contributed by atoms with Crippen molar-refractivity contribution < 1.29 is 4.79 Å². The van der Waals surface area contributed by atoms with Crippen molar-refractivity contribution >= 4 is 6.03 Å². The standard InChI is InChI=1S/C12H22N2O/c1-3-4-5-8-13-12(15)14-9-6-11(2)7-10-14/h3-4,11H,5-10H2,1-2H3,(H,13,15)/b4-3+. The Hall–Kier alpha value is -0.990. The van der Waals surface area contributed by atoms with Gasteiger partial charge in [0.15, 0.2) is 0 Å². The first kappa shape index (κ1) is 12.1. The van der Waals surface area contributed by atoms with Crippen LogP contribution in [0.4, 0.5) is 4.79 Å². The van der Waals surface area contributed by atoms with Crippen LogP contribution in [-0.4, -0.2) is 30.6 Å². The van der Waals surface area contributed by atoms with E-state index in [2.05, 4.69) is 18.3 Å². The zero-order valence-corrected chi connectivity index (χ0v) is 9.83. The molecule has 1 N–H and O–H groups in total. The number of carbonyl (C=O) groups is 1. The van der Waals surface area contributed by atoms with E-state index in [-0.39, 0.29) is 6.03 Å². The maximum atomic E-state index is 11.7. The molecule has 0 saturated carbocycles. The van der Waals surface area contributed by atoms with Crippen molar-refractivity contribution in [3.05, 3.63) is 12.2 Å². The number of piperidine rings is 1. The number of hydrogen-bond donors (Lipinski definition) is 1. The summed E-state index contributed by atoms with van der Waals surface area (Å²) in [5.41, 5.74) is 0. The summed E-state index contributed by atoms with van der Waals surface area (Å²) < 4.78 is 0. The largest absolute Gasteiger partial charge is 0.338 e. The summed E-state index contributed by atoms with van der Waals surface area (Å²) in [4.78, 5) is 13.6. The first-order valence-corrected chi connectivity index (χ1v) is 5.88. The molecule has 1 rings (SSSR count). The highest BCUT2D eigenvalue weighted by molar-refractivity contribution is 5.74. The molecule has 1 aliphatic rings. The summed E-state index contributed by atoms with van der Waals surface area (Å²) in [6.45, 7) is 6.82. The van der Waals surface area contributed by atoms with Crippen molar-refractivity contribution in [1.82, 2.24) is 10.2 Å². The Bertz CT molecular complexity index is 218. The summed E-state index contributed by atoms with van der Waals surface area (Å²) >= 11 is 0. The van der Waals surface area contributed by atoms with Gasteiger partial charge < -0.3 is 10.2 Å². The zero-order chi connectivity index (χ0) is 11.1. The minimum atomic E-state index is 0.103. The summed E-state index contributed by atoms with van der Waals surface area (Å²) in [6.07, 6.45) is 7.28. The molecule has 1 heterocycles. The van der Waals surface area contributed by atoms with Crippen molar-refractivity contribution in [2.75, 3.05) is 19.6 Å². The molecule has 0 radical (unpaired) electrons. The lowest BCUT2D eigenvalue weighted by Crippen LogP contribution is -2.44. The Balaban J connectivity index is 2.16. The number of nitrogens with zero attached hydrogens (tertiary/aromatic N) is 1. The van der Waals surface area contributed by atoms with E-state index in [1.54, 1.807) is 0 Å². The molecule has 0 unspecified atom stereocenters. The highest BCUT2D eigenvalue weighted by atomic mass is 16.2. The van der Waals surface area contributed by atoms with E-state index in [9.17, 15) is 4.79 Å². The van der Waals surface area contributed by atoms with Crippen LogP contribution in [0.1, 0.15) is 33.1 Å². The SMILES string of the molecule is C/C=C/CCNC(=O)N1CCC(C)CC1. The van der Waals surface area contributed by atoms with E-state index >= 15 is 0 Å². The number of nitrogens with one attached hydrogen (secondary N) is 1. The Kier molecular flexibility index (Phi) is 5.22. The van der Waals surface area contributed by atoms with Gasteiger partial charge in [-0.1, -0.05) is 19.1 Å². The lowest BCUT2D eigenvalue weighted by Gasteiger charge is -2.30. The summed E-state index contributed by atoms with van der Waals surface area (Å²) in [5.74, 6) is 0.775. The molecule has 1 aliphatic heterocycles. The van der Waals surface area contributed by atoms with Crippen LogP contribution in [0.3, 0.4) is 0 Å². The van der Waals surface area contributed by atoms with Gasteiger partial charge in [-0.05, 0) is 32.1 Å². The molecule has 3 nitrogen and oxygen atoms in total. The number of urea groups is 1. The predicted molar refractivity (Wildman–Crippen MR) is 62.8 cm³/mol. The van der Waals surface area contributed by atoms with Gasteiger partial charge in [0.05, 0.1) is 0 Å². The van der Waals surface area contributed by atoms with E-state index in [0.717, 1.165) is 44.8 Å². The van der Waals surface area contributed by atoms with Crippen LogP contribution in [-0.2, 0) is 0 Å². The van der Waals surface area contributed by atoms with Crippen molar-refractivity contribution in [3.8, 4) is 0 Å². The third-order valence-electron chi connectivity index (χ3n) is 2.89. The van der Waals surface area contributed by atoms with E-state index in [1.165, 1.54) is 0 Å². The van der Waals surface area contributed by atoms with Crippen molar-refractivity contribution in [1.29, 1.82) is 0 Å². The molecule has 0 atom stereocenters. The molecule has 1 saturated heterocycles. The molecule has 0 bridgehead atoms. The van der Waals surface area contributed by atoms with Gasteiger partial charge in [-0.3, -0.25) is 0 Å². The van der Waals surface area contributed by atoms with Crippen LogP contribution in [0.25, 0.3) is 0 Å². The smallest absolute Gasteiger partial charge is 0.317 e. The fourth-order valence-corrected chi connectivity index (χ4v) is 1.75. The molecule has 0 spiro atoms. The highest BCUT2D eigenvalue weighted by Crippen LogP contribution is 2.15. The van der Waals surface area contributed by atoms with Crippen LogP contribution >= 0.6 is 0 Å². The lowest BCUT2D eigenvalue weighted by atomic mass is 10.00. The van der Waals surface area contributed by atoms with Gasteiger partial charge >= 0.3 is 6.03 Å². The van der Waals surface area contributed by atoms with Crippen LogP contribution in [0.5, 0.6) is 0 Å². The van der Waals surface area contributed by atoms with Crippen LogP contribution in [0.2, 0.25) is 0 Å². The molecule has 15 heavy (non-hydrogen) atoms. The second kappa shape index (κ2) is 6.49. The number of likely N-dealkylation sites (tertiary alicyclic amines) is 1. The average Bonchev–Trinajstić information content (AvgIpc) is 2.25. The van der Waals surface area contributed by atoms with Gasteiger partial charge in [0.25, 0.3) is 0 Å². The van der Waals surface area contributed by atoms with Crippen molar-refractivity contribution in [2.24, 2.45) is 5.92 Å². The van der Waals surface area contributed by atoms with Gasteiger partial charge in [-0.2, -0.15) is 0 Å². The van der Waals surface area contributed by atoms with Crippen molar-refractivity contribution in [2.45, 2.75) is 33.1 Å². The maximum absolute atomic E-state index is 11.7. The van der Waals surface area contributed by atoms with E-state index in [1.807, 2.05) is 17.9 Å². The first-order chi connectivity index (χ1) is 7.24. The third kappa shape index (κ3) is 4.36. The number of rotatable bonds is 3. The number of hydrogen-bond acceptors (Lipinski definition) is 1. The monoisotopic (exact) mass is 210 g/mol. The Morgan fingerprint density at radius 1 is 1.47 bits per heavy atom. The fourth-order valence-electron chi connectivity index (χ4n) is 1.75. The lowest BCUT2D eigenvalue weighted by molar-refractivity contribution is 0.174. The molecule has 0 aromatic heterocycles. The Morgan fingerprint density at radius 2 is 2.13 bits per heavy atom. The topological polar surface area (TPSA) is 32.3 Å². The minimum absolute atomic E-state index is 0.103. The van der Waals surface area contributed by atoms with Gasteiger partial charge in [-0.15, -0.1) is 0 Å². The minimum Gasteiger partial charge on any atom is -0.338 e. The van der Waals surface area contributed by atoms with Gasteiger partial charge in [0, 0.05) is 19.6 Å². The van der Waals surface area contributed by atoms with E-state index < -0.39 is 0 Å². The summed E-state index contributed by atoms with van der Waals surface area (Å²) in [5, 5.41) is 2.94. The number of carbonyl (C=O) groups excluding carboxylic acids is 1. The van der Waals surface area contributed by atoms with Crippen LogP contribution in [0, 0.1) is 5.92 Å². The van der Waals surface area contributed by atoms with Crippen LogP contribution in [0.15, 0.2) is 12.2 Å². The zero-order valence-electron chi connectivity index (χ0n) is 9.83. The third-order valence-corrected chi connectivity index (χ3v) is 2.89. The average molecular weight is 210 g/mol. The van der Waals surface area contributed by atoms with Crippen LogP contribution < -0.4 is 5.32 Å². The Labute approximate surface area is 92.5 Å². The second-order valence-electron chi connectivity index (χ2n) is 4.26. The van der Waals surface area contributed by atoms with Crippen molar-refractivity contribution in [3.63, 3.8) is 0 Å². The molecular formula is C12H22N2O. The molecule has 86 valence electrons. The molecular weight excluding hydrogens is 188 g/mol. The first-order valence-electron chi connectivity index (χ1n) is 5.88. The molecule has 0 aromatic rings. The quantitative estimate of drug-likeness (QED) is 0.563. The molecule has 2 amide bonds. The second-order valence-corrected chi connectivity index (χ2v) is 4.26. The fraction of sp³-hybridized carbons (Fsp3) is 0.750. The molecule has 0 aromatic carbocycles. The summed E-state index contributed by atoms with van der Waals surface area (Å²) in [7, 11) is 0. The van der Waals surface area contributed by atoms with E-state index in [4.69, 9.17) is 0 Å². The predicted octanol–water partition coefficient (Wildman–Crippen LogP) is 2.39. The molecule has 1 fully saturated rings. The number of allylic oxidation sites excluding steroid dienone is 1. The van der Waals surface area contributed by atoms with Gasteiger partial charge in [0.2, 0.25) is 0 Å².